The molecule has 1 saturated heterocycles. The number of hydrogen-bond acceptors (Lipinski definition) is 7. The minimum atomic E-state index is 0.242. The van der Waals surface area contributed by atoms with E-state index in [1.807, 2.05) is 6.07 Å². The molecule has 0 saturated carbocycles. The molecule has 7 nitrogen and oxygen atoms in total. The first-order valence-corrected chi connectivity index (χ1v) is 8.56. The number of nitrogens with one attached hydrogen (secondary N) is 1. The van der Waals surface area contributed by atoms with E-state index in [4.69, 9.17) is 22.1 Å². The smallest absolute Gasteiger partial charge is 0.229 e. The molecule has 1 aliphatic rings. The largest absolute Gasteiger partial charge is 0.495 e. The maximum atomic E-state index is 5.87. The van der Waals surface area contributed by atoms with Gasteiger partial charge in [-0.1, -0.05) is 17.7 Å². The third-order valence-electron chi connectivity index (χ3n) is 4.28. The molecule has 0 radical (unpaired) electrons. The van der Waals surface area contributed by atoms with Crippen molar-refractivity contribution in [3.8, 4) is 5.75 Å². The molecule has 1 aromatic carbocycles. The van der Waals surface area contributed by atoms with Crippen LogP contribution in [0.3, 0.4) is 0 Å². The van der Waals surface area contributed by atoms with E-state index >= 15 is 0 Å². The van der Waals surface area contributed by atoms with E-state index < -0.39 is 0 Å². The summed E-state index contributed by atoms with van der Waals surface area (Å²) in [7, 11) is 3.79. The Kier molecular flexibility index (Phi) is 5.57. The van der Waals surface area contributed by atoms with Crippen LogP contribution >= 0.6 is 11.6 Å². The lowest BCUT2D eigenvalue weighted by atomic mass is 10.1. The van der Waals surface area contributed by atoms with Crippen molar-refractivity contribution in [1.82, 2.24) is 19.8 Å². The van der Waals surface area contributed by atoms with Crippen molar-refractivity contribution < 1.29 is 4.74 Å². The van der Waals surface area contributed by atoms with Gasteiger partial charge in [0.05, 0.1) is 19.0 Å². The first kappa shape index (κ1) is 17.7. The van der Waals surface area contributed by atoms with Gasteiger partial charge in [0.25, 0.3) is 0 Å². The second kappa shape index (κ2) is 7.86. The Morgan fingerprint density at radius 2 is 2.04 bits per heavy atom. The summed E-state index contributed by atoms with van der Waals surface area (Å²) in [6.07, 6.45) is 1.48. The Balaban J connectivity index is 1.76. The van der Waals surface area contributed by atoms with Gasteiger partial charge in [-0.3, -0.25) is 4.90 Å². The first-order chi connectivity index (χ1) is 12.0. The quantitative estimate of drug-likeness (QED) is 0.844. The number of ether oxygens (including phenoxy) is 1. The Labute approximate surface area is 152 Å². The van der Waals surface area contributed by atoms with Crippen molar-refractivity contribution in [3.05, 3.63) is 35.0 Å². The second-order valence-corrected chi connectivity index (χ2v) is 6.57. The topological polar surface area (TPSA) is 79.5 Å². The van der Waals surface area contributed by atoms with Gasteiger partial charge in [-0.05, 0) is 24.7 Å². The zero-order valence-corrected chi connectivity index (χ0v) is 15.3. The molecule has 1 aliphatic heterocycles. The van der Waals surface area contributed by atoms with E-state index in [1.165, 1.54) is 11.8 Å². The third kappa shape index (κ3) is 4.50. The fraction of sp³-hybridized carbons (Fsp3) is 0.412. The summed E-state index contributed by atoms with van der Waals surface area (Å²) in [5, 5.41) is 3.50. The van der Waals surface area contributed by atoms with Crippen LogP contribution in [0.25, 0.3) is 0 Å². The molecular formula is C17H23ClN6O. The van der Waals surface area contributed by atoms with Gasteiger partial charge in [0.1, 0.15) is 16.6 Å². The van der Waals surface area contributed by atoms with Crippen LogP contribution in [0.4, 0.5) is 17.5 Å². The predicted molar refractivity (Wildman–Crippen MR) is 101 cm³/mol. The number of piperazine rings is 1. The third-order valence-corrected chi connectivity index (χ3v) is 4.57. The van der Waals surface area contributed by atoms with Crippen molar-refractivity contribution in [2.45, 2.75) is 6.54 Å². The van der Waals surface area contributed by atoms with Gasteiger partial charge in [0.15, 0.2) is 0 Å². The average Bonchev–Trinajstić information content (AvgIpc) is 2.60. The molecule has 0 amide bonds. The molecule has 1 fully saturated rings. The summed E-state index contributed by atoms with van der Waals surface area (Å²) in [4.78, 5) is 13.1. The van der Waals surface area contributed by atoms with Crippen LogP contribution in [0.5, 0.6) is 5.75 Å². The molecule has 0 unspecified atom stereocenters. The van der Waals surface area contributed by atoms with E-state index in [9.17, 15) is 0 Å². The fourth-order valence-corrected chi connectivity index (χ4v) is 2.87. The van der Waals surface area contributed by atoms with Crippen LogP contribution in [-0.4, -0.2) is 60.1 Å². The summed E-state index contributed by atoms with van der Waals surface area (Å²) in [5.74, 6) is 1.35. The molecule has 0 aliphatic carbocycles. The molecule has 8 heteroatoms. The highest BCUT2D eigenvalue weighted by molar-refractivity contribution is 6.32. The summed E-state index contributed by atoms with van der Waals surface area (Å²) in [6, 6.07) is 6.09. The van der Waals surface area contributed by atoms with Crippen LogP contribution in [-0.2, 0) is 6.54 Å². The molecule has 134 valence electrons. The van der Waals surface area contributed by atoms with Crippen molar-refractivity contribution in [3.63, 3.8) is 0 Å². The van der Waals surface area contributed by atoms with Gasteiger partial charge in [-0.15, -0.1) is 0 Å². The number of methoxy groups -OCH3 is 1. The number of nitrogen functional groups attached to an aromatic ring is 1. The summed E-state index contributed by atoms with van der Waals surface area (Å²) in [6.45, 7) is 5.23. The van der Waals surface area contributed by atoms with E-state index in [0.29, 0.717) is 11.0 Å². The van der Waals surface area contributed by atoms with Crippen molar-refractivity contribution >= 4 is 29.1 Å². The molecule has 2 heterocycles. The first-order valence-electron chi connectivity index (χ1n) is 8.18. The maximum Gasteiger partial charge on any atom is 0.229 e. The minimum absolute atomic E-state index is 0.242. The molecular weight excluding hydrogens is 340 g/mol. The minimum Gasteiger partial charge on any atom is -0.495 e. The number of nitrogens with zero attached hydrogens (tertiary/aromatic N) is 4. The highest BCUT2D eigenvalue weighted by atomic mass is 35.5. The lowest BCUT2D eigenvalue weighted by Gasteiger charge is -2.32. The van der Waals surface area contributed by atoms with Crippen LogP contribution in [0.2, 0.25) is 5.02 Å². The van der Waals surface area contributed by atoms with Crippen molar-refractivity contribution in [1.29, 1.82) is 0 Å². The molecule has 25 heavy (non-hydrogen) atoms. The molecule has 3 rings (SSSR count). The standard InChI is InChI=1S/C17H23ClN6O/c1-23-5-7-24(8-6-23)11-12-3-4-15(25-2)14(9-12)21-17-20-10-13(18)16(19)22-17/h3-4,9-10H,5-8,11H2,1-2H3,(H3,19,20,21,22). The Morgan fingerprint density at radius 3 is 2.72 bits per heavy atom. The fourth-order valence-electron chi connectivity index (χ4n) is 2.78. The van der Waals surface area contributed by atoms with Crippen LogP contribution in [0.1, 0.15) is 5.56 Å². The summed E-state index contributed by atoms with van der Waals surface area (Å²) in [5.41, 5.74) is 7.75. The number of hydrogen-bond donors (Lipinski definition) is 2. The van der Waals surface area contributed by atoms with Crippen LogP contribution < -0.4 is 15.8 Å². The SMILES string of the molecule is COc1ccc(CN2CCN(C)CC2)cc1Nc1ncc(Cl)c(N)n1. The molecule has 2 aromatic rings. The van der Waals surface area contributed by atoms with E-state index in [0.717, 1.165) is 44.2 Å². The number of rotatable bonds is 5. The zero-order chi connectivity index (χ0) is 17.8. The lowest BCUT2D eigenvalue weighted by Crippen LogP contribution is -2.43. The van der Waals surface area contributed by atoms with E-state index in [1.54, 1.807) is 7.11 Å². The predicted octanol–water partition coefficient (Wildman–Crippen LogP) is 2.21. The molecule has 0 bridgehead atoms. The summed E-state index contributed by atoms with van der Waals surface area (Å²) >= 11 is 5.87. The number of aromatic nitrogens is 2. The number of halogens is 1. The Hall–Kier alpha value is -2.09. The molecule has 0 spiro atoms. The van der Waals surface area contributed by atoms with Gasteiger partial charge < -0.3 is 20.7 Å². The van der Waals surface area contributed by atoms with Gasteiger partial charge in [0.2, 0.25) is 5.95 Å². The monoisotopic (exact) mass is 362 g/mol. The average molecular weight is 363 g/mol. The number of likely N-dealkylation sites (N-methyl/N-ethyl adjacent to an activating group) is 1. The normalized spacial score (nSPS) is 16.0. The van der Waals surface area contributed by atoms with Crippen molar-refractivity contribution in [2.24, 2.45) is 0 Å². The van der Waals surface area contributed by atoms with Gasteiger partial charge >= 0.3 is 0 Å². The lowest BCUT2D eigenvalue weighted by molar-refractivity contribution is 0.148. The van der Waals surface area contributed by atoms with Gasteiger partial charge in [-0.25, -0.2) is 4.98 Å². The van der Waals surface area contributed by atoms with Crippen molar-refractivity contribution in [2.75, 3.05) is 51.4 Å². The molecule has 1 aromatic heterocycles. The number of benzene rings is 1. The number of nitrogens with two attached hydrogens (primary N) is 1. The zero-order valence-electron chi connectivity index (χ0n) is 14.5. The molecule has 3 N–H and O–H groups in total. The van der Waals surface area contributed by atoms with Gasteiger partial charge in [-0.2, -0.15) is 4.98 Å². The maximum absolute atomic E-state index is 5.87. The van der Waals surface area contributed by atoms with Crippen LogP contribution in [0, 0.1) is 0 Å². The Bertz CT molecular complexity index is 733. The second-order valence-electron chi connectivity index (χ2n) is 6.17. The highest BCUT2D eigenvalue weighted by Gasteiger charge is 2.15. The highest BCUT2D eigenvalue weighted by Crippen LogP contribution is 2.29. The van der Waals surface area contributed by atoms with E-state index in [2.05, 4.69) is 44.3 Å². The Morgan fingerprint density at radius 1 is 1.28 bits per heavy atom. The van der Waals surface area contributed by atoms with Crippen LogP contribution in [0.15, 0.2) is 24.4 Å². The summed E-state index contributed by atoms with van der Waals surface area (Å²) < 4.78 is 5.43. The number of anilines is 3. The molecule has 0 atom stereocenters. The van der Waals surface area contributed by atoms with Gasteiger partial charge in [0, 0.05) is 32.7 Å². The van der Waals surface area contributed by atoms with E-state index in [-0.39, 0.29) is 5.82 Å².